The summed E-state index contributed by atoms with van der Waals surface area (Å²) in [7, 11) is 0. The average Bonchev–Trinajstić information content (AvgIpc) is 2.78. The van der Waals surface area contributed by atoms with Gasteiger partial charge in [0.15, 0.2) is 0 Å². The molecule has 98 valence electrons. The molecule has 1 aliphatic rings. The van der Waals surface area contributed by atoms with E-state index in [1.807, 2.05) is 11.3 Å². The Bertz CT molecular complexity index is 676. The van der Waals surface area contributed by atoms with Gasteiger partial charge < -0.3 is 5.32 Å². The van der Waals surface area contributed by atoms with Gasteiger partial charge in [0.1, 0.15) is 0 Å². The molecule has 1 aromatic heterocycles. The van der Waals surface area contributed by atoms with Crippen LogP contribution < -0.4 is 5.32 Å². The summed E-state index contributed by atoms with van der Waals surface area (Å²) in [5.74, 6) is 0.658. The highest BCUT2D eigenvalue weighted by molar-refractivity contribution is 7.19. The van der Waals surface area contributed by atoms with E-state index in [0.29, 0.717) is 5.92 Å². The zero-order valence-corrected chi connectivity index (χ0v) is 12.5. The van der Waals surface area contributed by atoms with Gasteiger partial charge in [0.2, 0.25) is 0 Å². The van der Waals surface area contributed by atoms with E-state index in [0.717, 1.165) is 0 Å². The molecule has 1 heterocycles. The van der Waals surface area contributed by atoms with Gasteiger partial charge in [-0.3, -0.25) is 0 Å². The fourth-order valence-electron chi connectivity index (χ4n) is 2.55. The third-order valence-electron chi connectivity index (χ3n) is 3.75. The van der Waals surface area contributed by atoms with Crippen molar-refractivity contribution >= 4 is 33.2 Å². The normalized spacial score (nSPS) is 18.7. The number of anilines is 1. The highest BCUT2D eigenvalue weighted by atomic mass is 32.1. The van der Waals surface area contributed by atoms with Gasteiger partial charge >= 0.3 is 0 Å². The fraction of sp³-hybridized carbons (Fsp3) is 0.294. The van der Waals surface area contributed by atoms with E-state index < -0.39 is 0 Å². The van der Waals surface area contributed by atoms with Gasteiger partial charge in [0, 0.05) is 26.3 Å². The summed E-state index contributed by atoms with van der Waals surface area (Å²) in [6, 6.07) is 6.69. The van der Waals surface area contributed by atoms with Crippen molar-refractivity contribution in [2.45, 2.75) is 33.1 Å². The molecular weight excluding hydrogens is 250 g/mol. The summed E-state index contributed by atoms with van der Waals surface area (Å²) in [4.78, 5) is 1.54. The van der Waals surface area contributed by atoms with Crippen LogP contribution in [0.25, 0.3) is 16.2 Å². The van der Waals surface area contributed by atoms with Crippen LogP contribution in [0, 0.1) is 0 Å². The second-order valence-electron chi connectivity index (χ2n) is 5.23. The quantitative estimate of drug-likeness (QED) is 0.731. The Kier molecular flexibility index (Phi) is 3.19. The number of allylic oxidation sites excluding steroid dienone is 3. The van der Waals surface area contributed by atoms with Gasteiger partial charge in [0.05, 0.1) is 0 Å². The van der Waals surface area contributed by atoms with E-state index in [4.69, 9.17) is 0 Å². The first-order chi connectivity index (χ1) is 9.19. The maximum absolute atomic E-state index is 3.43. The Morgan fingerprint density at radius 2 is 2.26 bits per heavy atom. The molecule has 0 amide bonds. The van der Waals surface area contributed by atoms with Crippen molar-refractivity contribution in [2.75, 3.05) is 5.32 Å². The van der Waals surface area contributed by atoms with E-state index >= 15 is 0 Å². The molecular formula is C17H19NS. The van der Waals surface area contributed by atoms with Gasteiger partial charge in [-0.1, -0.05) is 25.2 Å². The molecule has 0 saturated heterocycles. The maximum Gasteiger partial charge on any atom is 0.0388 e. The number of hydrogen-bond acceptors (Lipinski definition) is 2. The van der Waals surface area contributed by atoms with Crippen molar-refractivity contribution in [1.29, 1.82) is 0 Å². The fourth-order valence-corrected chi connectivity index (χ4v) is 3.79. The number of nitrogens with one attached hydrogen (secondary N) is 1. The molecule has 0 spiro atoms. The molecule has 2 heteroatoms. The number of benzene rings is 1. The third-order valence-corrected chi connectivity index (χ3v) is 5.17. The Hall–Kier alpha value is -1.54. The molecule has 1 atom stereocenters. The van der Waals surface area contributed by atoms with Crippen LogP contribution in [0.15, 0.2) is 36.0 Å². The minimum absolute atomic E-state index is 0.658. The molecule has 3 rings (SSSR count). The zero-order chi connectivity index (χ0) is 13.4. The van der Waals surface area contributed by atoms with Crippen molar-refractivity contribution in [3.63, 3.8) is 0 Å². The Labute approximate surface area is 118 Å². The van der Waals surface area contributed by atoms with Crippen LogP contribution >= 0.6 is 11.3 Å². The molecule has 1 N–H and O–H groups in total. The van der Waals surface area contributed by atoms with Crippen LogP contribution in [-0.2, 0) is 0 Å². The minimum atomic E-state index is 0.658. The molecule has 0 bridgehead atoms. The number of fused-ring (bicyclic) bond motifs is 3. The van der Waals surface area contributed by atoms with Crippen molar-refractivity contribution < 1.29 is 0 Å². The van der Waals surface area contributed by atoms with E-state index in [9.17, 15) is 0 Å². The van der Waals surface area contributed by atoms with Crippen LogP contribution in [-0.4, -0.2) is 0 Å². The van der Waals surface area contributed by atoms with Gasteiger partial charge in [-0.2, -0.15) is 0 Å². The molecule has 1 aliphatic carbocycles. The van der Waals surface area contributed by atoms with Crippen LogP contribution in [0.1, 0.15) is 43.6 Å². The first kappa shape index (κ1) is 12.5. The van der Waals surface area contributed by atoms with Crippen LogP contribution in [0.2, 0.25) is 0 Å². The highest BCUT2D eigenvalue weighted by Crippen LogP contribution is 2.41. The summed E-state index contributed by atoms with van der Waals surface area (Å²) in [5.41, 5.74) is 3.79. The van der Waals surface area contributed by atoms with Gasteiger partial charge in [-0.25, -0.2) is 0 Å². The lowest BCUT2D eigenvalue weighted by molar-refractivity contribution is 0.791. The smallest absolute Gasteiger partial charge is 0.0388 e. The average molecular weight is 269 g/mol. The third kappa shape index (κ3) is 2.21. The monoisotopic (exact) mass is 269 g/mol. The second-order valence-corrected chi connectivity index (χ2v) is 6.31. The zero-order valence-electron chi connectivity index (χ0n) is 11.7. The molecule has 2 aromatic rings. The summed E-state index contributed by atoms with van der Waals surface area (Å²) >= 11 is 1.95. The number of hydrogen-bond donors (Lipinski definition) is 1. The Morgan fingerprint density at radius 3 is 3.05 bits per heavy atom. The number of rotatable bonds is 2. The Balaban J connectivity index is 2.11. The molecule has 1 aromatic carbocycles. The summed E-state index contributed by atoms with van der Waals surface area (Å²) in [6.45, 7) is 6.47. The maximum atomic E-state index is 3.43. The minimum Gasteiger partial charge on any atom is -0.359 e. The van der Waals surface area contributed by atoms with Gasteiger partial charge in [0.25, 0.3) is 0 Å². The lowest BCUT2D eigenvalue weighted by Gasteiger charge is -2.12. The summed E-state index contributed by atoms with van der Waals surface area (Å²) in [5, 5.41) is 4.82. The molecule has 0 radical (unpaired) electrons. The van der Waals surface area contributed by atoms with Crippen molar-refractivity contribution in [1.82, 2.24) is 0 Å². The van der Waals surface area contributed by atoms with Gasteiger partial charge in [-0.05, 0) is 49.9 Å². The first-order valence-electron chi connectivity index (χ1n) is 6.82. The van der Waals surface area contributed by atoms with Crippen molar-refractivity contribution in [2.24, 2.45) is 0 Å². The molecule has 0 aliphatic heterocycles. The van der Waals surface area contributed by atoms with E-state index in [-0.39, 0.29) is 0 Å². The van der Waals surface area contributed by atoms with Crippen LogP contribution in [0.4, 0.5) is 5.69 Å². The number of thiophene rings is 1. The topological polar surface area (TPSA) is 12.0 Å². The lowest BCUT2D eigenvalue weighted by Crippen LogP contribution is -1.96. The second kappa shape index (κ2) is 4.86. The van der Waals surface area contributed by atoms with E-state index in [1.165, 1.54) is 38.3 Å². The van der Waals surface area contributed by atoms with Crippen LogP contribution in [0.3, 0.4) is 0 Å². The summed E-state index contributed by atoms with van der Waals surface area (Å²) < 4.78 is 1.40. The standard InChI is InChI=1S/C17H19NS/c1-4-12(3)18-13-8-9-16-15(10-13)14-7-5-6-11(2)17(14)19-16/h4-5,7-11,18H,6H2,1-3H3/b12-4+. The summed E-state index contributed by atoms with van der Waals surface area (Å²) in [6.07, 6.45) is 7.86. The molecule has 0 saturated carbocycles. The Morgan fingerprint density at radius 1 is 1.42 bits per heavy atom. The molecule has 1 nitrogen and oxygen atoms in total. The van der Waals surface area contributed by atoms with Crippen LogP contribution in [0.5, 0.6) is 0 Å². The molecule has 1 unspecified atom stereocenters. The predicted molar refractivity (Wildman–Crippen MR) is 86.9 cm³/mol. The first-order valence-corrected chi connectivity index (χ1v) is 7.63. The predicted octanol–water partition coefficient (Wildman–Crippen LogP) is 5.76. The van der Waals surface area contributed by atoms with Crippen molar-refractivity contribution in [3.8, 4) is 0 Å². The largest absolute Gasteiger partial charge is 0.359 e. The molecule has 19 heavy (non-hydrogen) atoms. The van der Waals surface area contributed by atoms with Crippen molar-refractivity contribution in [3.05, 3.63) is 46.5 Å². The van der Waals surface area contributed by atoms with E-state index in [2.05, 4.69) is 62.5 Å². The SMILES string of the molecule is C/C=C(\C)Nc1ccc2sc3c(c2c1)C=CCC3C. The lowest BCUT2D eigenvalue weighted by atomic mass is 9.94. The molecule has 0 fully saturated rings. The van der Waals surface area contributed by atoms with E-state index in [1.54, 1.807) is 0 Å². The van der Waals surface area contributed by atoms with Gasteiger partial charge in [-0.15, -0.1) is 11.3 Å². The highest BCUT2D eigenvalue weighted by Gasteiger charge is 2.18.